The predicted octanol–water partition coefficient (Wildman–Crippen LogP) is 5.45. The normalized spacial score (nSPS) is 14.9. The molecule has 1 amide bonds. The molecule has 0 aromatic heterocycles. The summed E-state index contributed by atoms with van der Waals surface area (Å²) in [7, 11) is 1.51. The number of carbonyl (C=O) groups excluding carboxylic acids is 1. The maximum atomic E-state index is 12.4. The van der Waals surface area contributed by atoms with Crippen LogP contribution in [0.4, 0.5) is 11.4 Å². The van der Waals surface area contributed by atoms with Crippen LogP contribution in [0.15, 0.2) is 36.4 Å². The van der Waals surface area contributed by atoms with E-state index < -0.39 is 0 Å². The lowest BCUT2D eigenvalue weighted by Gasteiger charge is -2.36. The molecular weight excluding hydrogens is 445 g/mol. The maximum absolute atomic E-state index is 12.4. The van der Waals surface area contributed by atoms with Crippen LogP contribution in [0.1, 0.15) is 12.5 Å². The van der Waals surface area contributed by atoms with E-state index in [-0.39, 0.29) is 5.91 Å². The number of amides is 1. The Bertz CT molecular complexity index is 941. The van der Waals surface area contributed by atoms with E-state index in [1.54, 1.807) is 24.3 Å². The molecule has 5 nitrogen and oxygen atoms in total. The molecule has 30 heavy (non-hydrogen) atoms. The van der Waals surface area contributed by atoms with Crippen molar-refractivity contribution in [1.29, 1.82) is 0 Å². The molecule has 1 heterocycles. The van der Waals surface area contributed by atoms with Gasteiger partial charge in [0.1, 0.15) is 5.75 Å². The highest BCUT2D eigenvalue weighted by Gasteiger charge is 2.18. The van der Waals surface area contributed by atoms with E-state index in [9.17, 15) is 4.79 Å². The second kappa shape index (κ2) is 10.4. The number of rotatable bonds is 6. The van der Waals surface area contributed by atoms with Gasteiger partial charge in [-0.3, -0.25) is 4.79 Å². The molecule has 2 aromatic rings. The average Bonchev–Trinajstić information content (AvgIpc) is 2.72. The number of piperazine rings is 1. The van der Waals surface area contributed by atoms with Gasteiger partial charge in [-0.15, -0.1) is 0 Å². The summed E-state index contributed by atoms with van der Waals surface area (Å²) < 4.78 is 5.28. The zero-order valence-corrected chi connectivity index (χ0v) is 19.2. The highest BCUT2D eigenvalue weighted by atomic mass is 35.5. The molecule has 0 saturated carbocycles. The number of hydrogen-bond acceptors (Lipinski definition) is 4. The Morgan fingerprint density at radius 1 is 1.10 bits per heavy atom. The number of nitrogens with zero attached hydrogens (tertiary/aromatic N) is 2. The van der Waals surface area contributed by atoms with Crippen LogP contribution in [-0.4, -0.2) is 50.6 Å². The number of likely N-dealkylation sites (N-methyl/N-ethyl adjacent to an activating group) is 1. The van der Waals surface area contributed by atoms with Crippen molar-refractivity contribution in [3.05, 3.63) is 57.0 Å². The van der Waals surface area contributed by atoms with Gasteiger partial charge in [-0.05, 0) is 43.0 Å². The summed E-state index contributed by atoms with van der Waals surface area (Å²) in [5.41, 5.74) is 2.23. The van der Waals surface area contributed by atoms with Gasteiger partial charge in [0.15, 0.2) is 0 Å². The molecule has 1 saturated heterocycles. The number of benzene rings is 2. The SMILES string of the molecule is CCN1CCN(c2ccc(NC(=O)/C=C/c3cc(Cl)cc(Cl)c3OC)cc2Cl)CC1. The average molecular weight is 469 g/mol. The summed E-state index contributed by atoms with van der Waals surface area (Å²) in [5, 5.41) is 4.28. The fraction of sp³-hybridized carbons (Fsp3) is 0.318. The molecule has 0 bridgehead atoms. The zero-order chi connectivity index (χ0) is 21.7. The zero-order valence-electron chi connectivity index (χ0n) is 16.9. The van der Waals surface area contributed by atoms with Crippen LogP contribution in [0.5, 0.6) is 5.75 Å². The van der Waals surface area contributed by atoms with Gasteiger partial charge >= 0.3 is 0 Å². The minimum Gasteiger partial charge on any atom is -0.495 e. The second-order valence-electron chi connectivity index (χ2n) is 6.92. The molecule has 0 atom stereocenters. The molecule has 160 valence electrons. The summed E-state index contributed by atoms with van der Waals surface area (Å²) in [6, 6.07) is 8.84. The Morgan fingerprint density at radius 3 is 2.47 bits per heavy atom. The van der Waals surface area contributed by atoms with Gasteiger partial charge < -0.3 is 19.9 Å². The van der Waals surface area contributed by atoms with E-state index >= 15 is 0 Å². The van der Waals surface area contributed by atoms with E-state index in [0.29, 0.717) is 32.1 Å². The van der Waals surface area contributed by atoms with Crippen LogP contribution < -0.4 is 15.0 Å². The van der Waals surface area contributed by atoms with Gasteiger partial charge in [0.25, 0.3) is 0 Å². The number of hydrogen-bond donors (Lipinski definition) is 1. The van der Waals surface area contributed by atoms with Crippen molar-refractivity contribution >= 4 is 58.2 Å². The van der Waals surface area contributed by atoms with Gasteiger partial charge in [-0.1, -0.05) is 41.7 Å². The smallest absolute Gasteiger partial charge is 0.248 e. The molecule has 8 heteroatoms. The molecule has 0 radical (unpaired) electrons. The minimum absolute atomic E-state index is 0.298. The predicted molar refractivity (Wildman–Crippen MR) is 126 cm³/mol. The van der Waals surface area contributed by atoms with Crippen molar-refractivity contribution < 1.29 is 9.53 Å². The highest BCUT2D eigenvalue weighted by Crippen LogP contribution is 2.33. The lowest BCUT2D eigenvalue weighted by atomic mass is 10.2. The third-order valence-corrected chi connectivity index (χ3v) is 5.83. The molecule has 2 aromatic carbocycles. The van der Waals surface area contributed by atoms with Crippen molar-refractivity contribution in [2.24, 2.45) is 0 Å². The first-order valence-electron chi connectivity index (χ1n) is 9.70. The quantitative estimate of drug-likeness (QED) is 0.573. The Kier molecular flexibility index (Phi) is 7.89. The summed E-state index contributed by atoms with van der Waals surface area (Å²) >= 11 is 18.7. The molecule has 1 fully saturated rings. The molecule has 0 unspecified atom stereocenters. The third kappa shape index (κ3) is 5.61. The molecular formula is C22H24Cl3N3O2. The molecule has 3 rings (SSSR count). The Morgan fingerprint density at radius 2 is 1.83 bits per heavy atom. The Hall–Kier alpha value is -1.92. The molecule has 1 aliphatic heterocycles. The van der Waals surface area contributed by atoms with Gasteiger partial charge in [-0.2, -0.15) is 0 Å². The lowest BCUT2D eigenvalue weighted by molar-refractivity contribution is -0.111. The summed E-state index contributed by atoms with van der Waals surface area (Å²) in [6.45, 7) is 7.15. The Labute approximate surface area is 192 Å². The lowest BCUT2D eigenvalue weighted by Crippen LogP contribution is -2.46. The van der Waals surface area contributed by atoms with Crippen molar-refractivity contribution in [2.45, 2.75) is 6.92 Å². The van der Waals surface area contributed by atoms with E-state index in [2.05, 4.69) is 22.0 Å². The van der Waals surface area contributed by atoms with Gasteiger partial charge in [0.05, 0.1) is 22.8 Å². The summed E-state index contributed by atoms with van der Waals surface area (Å²) in [6.07, 6.45) is 3.01. The van der Waals surface area contributed by atoms with E-state index in [0.717, 1.165) is 38.4 Å². The topological polar surface area (TPSA) is 44.8 Å². The molecule has 1 aliphatic rings. The van der Waals surface area contributed by atoms with Crippen molar-refractivity contribution in [1.82, 2.24) is 4.90 Å². The first-order valence-corrected chi connectivity index (χ1v) is 10.8. The van der Waals surface area contributed by atoms with Crippen molar-refractivity contribution in [3.8, 4) is 5.75 Å². The maximum Gasteiger partial charge on any atom is 0.248 e. The van der Waals surface area contributed by atoms with Gasteiger partial charge in [0, 0.05) is 48.5 Å². The van der Waals surface area contributed by atoms with Gasteiger partial charge in [-0.25, -0.2) is 0 Å². The van der Waals surface area contributed by atoms with Gasteiger partial charge in [0.2, 0.25) is 5.91 Å². The first-order chi connectivity index (χ1) is 14.4. The number of nitrogens with one attached hydrogen (secondary N) is 1. The fourth-order valence-electron chi connectivity index (χ4n) is 3.41. The summed E-state index contributed by atoms with van der Waals surface area (Å²) in [5.74, 6) is 0.161. The van der Waals surface area contributed by atoms with Crippen LogP contribution in [0.2, 0.25) is 15.1 Å². The Balaban J connectivity index is 1.66. The van der Waals surface area contributed by atoms with Crippen LogP contribution in [0, 0.1) is 0 Å². The van der Waals surface area contributed by atoms with Crippen LogP contribution in [-0.2, 0) is 4.79 Å². The first kappa shape index (κ1) is 22.8. The van der Waals surface area contributed by atoms with Crippen molar-refractivity contribution in [2.75, 3.05) is 50.1 Å². The second-order valence-corrected chi connectivity index (χ2v) is 8.17. The fourth-order valence-corrected chi connectivity index (χ4v) is 4.30. The molecule has 0 aliphatic carbocycles. The molecule has 0 spiro atoms. The third-order valence-electron chi connectivity index (χ3n) is 5.03. The number of methoxy groups -OCH3 is 1. The van der Waals surface area contributed by atoms with Crippen LogP contribution >= 0.6 is 34.8 Å². The largest absolute Gasteiger partial charge is 0.495 e. The monoisotopic (exact) mass is 467 g/mol. The number of halogens is 3. The highest BCUT2D eigenvalue weighted by molar-refractivity contribution is 6.36. The van der Waals surface area contributed by atoms with E-state index in [1.807, 2.05) is 12.1 Å². The standard InChI is InChI=1S/C22H24Cl3N3O2/c1-3-27-8-10-28(11-9-27)20-6-5-17(14-18(20)24)26-21(29)7-4-15-12-16(23)13-19(25)22(15)30-2/h4-7,12-14H,3,8-11H2,1-2H3,(H,26,29)/b7-4+. The minimum atomic E-state index is -0.298. The van der Waals surface area contributed by atoms with E-state index in [4.69, 9.17) is 39.5 Å². The molecule has 1 N–H and O–H groups in total. The van der Waals surface area contributed by atoms with Crippen molar-refractivity contribution in [3.63, 3.8) is 0 Å². The van der Waals surface area contributed by atoms with E-state index in [1.165, 1.54) is 13.2 Å². The summed E-state index contributed by atoms with van der Waals surface area (Å²) in [4.78, 5) is 17.0. The van der Waals surface area contributed by atoms with Crippen LogP contribution in [0.25, 0.3) is 6.08 Å². The number of ether oxygens (including phenoxy) is 1. The number of carbonyl (C=O) groups is 1. The van der Waals surface area contributed by atoms with Crippen LogP contribution in [0.3, 0.4) is 0 Å². The number of anilines is 2.